The molecule has 0 aliphatic heterocycles. The van der Waals surface area contributed by atoms with Crippen LogP contribution in [0.1, 0.15) is 38.0 Å². The molecule has 1 aliphatic carbocycles. The molecule has 2 heterocycles. The standard InChI is InChI=1S/C13H19N5O/c1-4-17(9-11-10(2)5-8-19-11)12-14-15-16-18(12)13(3)6-7-13/h5,8H,4,6-7,9H2,1-3H3. The van der Waals surface area contributed by atoms with Gasteiger partial charge < -0.3 is 9.32 Å². The number of aryl methyl sites for hydroxylation is 1. The van der Waals surface area contributed by atoms with Gasteiger partial charge in [-0.25, -0.2) is 4.68 Å². The minimum absolute atomic E-state index is 0.102. The lowest BCUT2D eigenvalue weighted by Crippen LogP contribution is -2.28. The summed E-state index contributed by atoms with van der Waals surface area (Å²) in [6.45, 7) is 7.89. The second-order valence-corrected chi connectivity index (χ2v) is 5.43. The molecule has 2 aromatic heterocycles. The van der Waals surface area contributed by atoms with Gasteiger partial charge in [0, 0.05) is 6.54 Å². The molecule has 0 radical (unpaired) electrons. The van der Waals surface area contributed by atoms with Crippen molar-refractivity contribution in [2.24, 2.45) is 0 Å². The predicted molar refractivity (Wildman–Crippen MR) is 70.9 cm³/mol. The molecule has 102 valence electrons. The van der Waals surface area contributed by atoms with Gasteiger partial charge in [0.25, 0.3) is 0 Å². The van der Waals surface area contributed by atoms with Gasteiger partial charge in [-0.05, 0) is 55.7 Å². The fourth-order valence-electron chi connectivity index (χ4n) is 2.19. The minimum atomic E-state index is 0.102. The second kappa shape index (κ2) is 4.36. The molecular weight excluding hydrogens is 242 g/mol. The molecule has 6 nitrogen and oxygen atoms in total. The maximum atomic E-state index is 5.52. The first-order valence-corrected chi connectivity index (χ1v) is 6.71. The Morgan fingerprint density at radius 1 is 1.47 bits per heavy atom. The van der Waals surface area contributed by atoms with Crippen LogP contribution in [0.25, 0.3) is 0 Å². The van der Waals surface area contributed by atoms with E-state index in [0.717, 1.165) is 36.7 Å². The van der Waals surface area contributed by atoms with Crippen LogP contribution in [0.4, 0.5) is 5.95 Å². The van der Waals surface area contributed by atoms with Crippen LogP contribution in [0.15, 0.2) is 16.7 Å². The number of nitrogens with zero attached hydrogens (tertiary/aromatic N) is 5. The lowest BCUT2D eigenvalue weighted by Gasteiger charge is -2.22. The maximum Gasteiger partial charge on any atom is 0.246 e. The Morgan fingerprint density at radius 3 is 2.84 bits per heavy atom. The van der Waals surface area contributed by atoms with E-state index in [1.807, 2.05) is 10.7 Å². The number of rotatable bonds is 5. The minimum Gasteiger partial charge on any atom is -0.467 e. The molecule has 6 heteroatoms. The van der Waals surface area contributed by atoms with Crippen LogP contribution < -0.4 is 4.90 Å². The summed E-state index contributed by atoms with van der Waals surface area (Å²) in [5, 5.41) is 12.2. The van der Waals surface area contributed by atoms with Crippen molar-refractivity contribution in [3.05, 3.63) is 23.7 Å². The zero-order chi connectivity index (χ0) is 13.5. The Morgan fingerprint density at radius 2 is 2.26 bits per heavy atom. The third kappa shape index (κ3) is 2.11. The molecule has 3 rings (SSSR count). The summed E-state index contributed by atoms with van der Waals surface area (Å²) >= 11 is 0. The molecule has 19 heavy (non-hydrogen) atoms. The smallest absolute Gasteiger partial charge is 0.246 e. The lowest BCUT2D eigenvalue weighted by atomic mass is 10.2. The molecule has 1 aliphatic rings. The molecule has 0 aromatic carbocycles. The third-order valence-corrected chi connectivity index (χ3v) is 3.91. The molecule has 0 atom stereocenters. The summed E-state index contributed by atoms with van der Waals surface area (Å²) in [5.41, 5.74) is 1.26. The van der Waals surface area contributed by atoms with Gasteiger partial charge in [-0.3, -0.25) is 0 Å². The topological polar surface area (TPSA) is 60.0 Å². The summed E-state index contributed by atoms with van der Waals surface area (Å²) < 4.78 is 7.47. The van der Waals surface area contributed by atoms with E-state index in [4.69, 9.17) is 4.42 Å². The second-order valence-electron chi connectivity index (χ2n) is 5.43. The SMILES string of the molecule is CCN(Cc1occc1C)c1nnnn1C1(C)CC1. The van der Waals surface area contributed by atoms with Crippen molar-refractivity contribution in [1.29, 1.82) is 0 Å². The largest absolute Gasteiger partial charge is 0.467 e. The number of tetrazole rings is 1. The lowest BCUT2D eigenvalue weighted by molar-refractivity contribution is 0.448. The van der Waals surface area contributed by atoms with Gasteiger partial charge >= 0.3 is 0 Å². The van der Waals surface area contributed by atoms with Crippen molar-refractivity contribution in [3.63, 3.8) is 0 Å². The van der Waals surface area contributed by atoms with Crippen molar-refractivity contribution in [1.82, 2.24) is 20.2 Å². The van der Waals surface area contributed by atoms with Crippen molar-refractivity contribution >= 4 is 5.95 Å². The first-order valence-electron chi connectivity index (χ1n) is 6.71. The first-order chi connectivity index (χ1) is 9.14. The van der Waals surface area contributed by atoms with E-state index in [1.165, 1.54) is 0 Å². The monoisotopic (exact) mass is 261 g/mol. The quantitative estimate of drug-likeness (QED) is 0.825. The van der Waals surface area contributed by atoms with Gasteiger partial charge in [0.2, 0.25) is 5.95 Å². The molecule has 0 N–H and O–H groups in total. The van der Waals surface area contributed by atoms with Gasteiger partial charge in [0.1, 0.15) is 5.76 Å². The van der Waals surface area contributed by atoms with Crippen LogP contribution in [0.3, 0.4) is 0 Å². The molecule has 0 amide bonds. The molecule has 1 fully saturated rings. The summed E-state index contributed by atoms with van der Waals surface area (Å²) in [6, 6.07) is 1.98. The average Bonchev–Trinajstić information content (AvgIpc) is 2.81. The third-order valence-electron chi connectivity index (χ3n) is 3.91. The molecular formula is C13H19N5O. The van der Waals surface area contributed by atoms with Gasteiger partial charge in [-0.15, -0.1) is 0 Å². The maximum absolute atomic E-state index is 5.52. The van der Waals surface area contributed by atoms with E-state index < -0.39 is 0 Å². The highest BCUT2D eigenvalue weighted by atomic mass is 16.3. The Bertz CT molecular complexity index is 569. The average molecular weight is 261 g/mol. The van der Waals surface area contributed by atoms with Crippen molar-refractivity contribution in [3.8, 4) is 0 Å². The first kappa shape index (κ1) is 12.2. The normalized spacial score (nSPS) is 16.6. The fourth-order valence-corrected chi connectivity index (χ4v) is 2.19. The Balaban J connectivity index is 1.87. The number of hydrogen-bond acceptors (Lipinski definition) is 5. The van der Waals surface area contributed by atoms with Crippen LogP contribution in [-0.2, 0) is 12.1 Å². The van der Waals surface area contributed by atoms with Crippen molar-refractivity contribution < 1.29 is 4.42 Å². The van der Waals surface area contributed by atoms with E-state index in [9.17, 15) is 0 Å². The van der Waals surface area contributed by atoms with Gasteiger partial charge in [-0.2, -0.15) is 0 Å². The van der Waals surface area contributed by atoms with Crippen LogP contribution in [0.5, 0.6) is 0 Å². The van der Waals surface area contributed by atoms with E-state index in [-0.39, 0.29) is 5.54 Å². The van der Waals surface area contributed by atoms with Gasteiger partial charge in [0.15, 0.2) is 0 Å². The highest BCUT2D eigenvalue weighted by molar-refractivity contribution is 5.32. The van der Waals surface area contributed by atoms with E-state index in [2.05, 4.69) is 41.2 Å². The van der Waals surface area contributed by atoms with Crippen molar-refractivity contribution in [2.45, 2.75) is 45.7 Å². The van der Waals surface area contributed by atoms with Crippen LogP contribution in [-0.4, -0.2) is 26.8 Å². The van der Waals surface area contributed by atoms with Crippen LogP contribution >= 0.6 is 0 Å². The van der Waals surface area contributed by atoms with Gasteiger partial charge in [-0.1, -0.05) is 5.10 Å². The zero-order valence-electron chi connectivity index (χ0n) is 11.6. The van der Waals surface area contributed by atoms with Crippen molar-refractivity contribution in [2.75, 3.05) is 11.4 Å². The highest BCUT2D eigenvalue weighted by Crippen LogP contribution is 2.43. The molecule has 0 bridgehead atoms. The summed E-state index contributed by atoms with van der Waals surface area (Å²) in [6.07, 6.45) is 4.01. The fraction of sp³-hybridized carbons (Fsp3) is 0.615. The molecule has 0 saturated heterocycles. The zero-order valence-corrected chi connectivity index (χ0v) is 11.6. The summed E-state index contributed by atoms with van der Waals surface area (Å²) in [5.74, 6) is 1.80. The number of aromatic nitrogens is 4. The van der Waals surface area contributed by atoms with Crippen LogP contribution in [0, 0.1) is 6.92 Å². The Labute approximate surface area is 112 Å². The highest BCUT2D eigenvalue weighted by Gasteiger charge is 2.43. The van der Waals surface area contributed by atoms with E-state index in [1.54, 1.807) is 6.26 Å². The van der Waals surface area contributed by atoms with Gasteiger partial charge in [0.05, 0.1) is 18.3 Å². The number of furan rings is 1. The number of anilines is 1. The Hall–Kier alpha value is -1.85. The molecule has 0 spiro atoms. The summed E-state index contributed by atoms with van der Waals surface area (Å²) in [7, 11) is 0. The summed E-state index contributed by atoms with van der Waals surface area (Å²) in [4.78, 5) is 2.15. The van der Waals surface area contributed by atoms with E-state index >= 15 is 0 Å². The predicted octanol–water partition coefficient (Wildman–Crippen LogP) is 2.11. The Kier molecular flexibility index (Phi) is 2.80. The molecule has 2 aromatic rings. The molecule has 0 unspecified atom stereocenters. The molecule has 1 saturated carbocycles. The number of hydrogen-bond donors (Lipinski definition) is 0. The van der Waals surface area contributed by atoms with Crippen LogP contribution in [0.2, 0.25) is 0 Å². The van der Waals surface area contributed by atoms with E-state index in [0.29, 0.717) is 6.54 Å².